The third kappa shape index (κ3) is 4.13. The van der Waals surface area contributed by atoms with Crippen molar-refractivity contribution in [3.05, 3.63) is 24.4 Å². The zero-order valence-electron chi connectivity index (χ0n) is 17.5. The summed E-state index contributed by atoms with van der Waals surface area (Å²) < 4.78 is 28.0. The highest BCUT2D eigenvalue weighted by Gasteiger charge is 2.16. The average molecular weight is 444 g/mol. The fourth-order valence-corrected chi connectivity index (χ4v) is 3.41. The maximum absolute atomic E-state index is 12.7. The Hall–Kier alpha value is -3.90. The Balaban J connectivity index is 0.000000300. The zero-order valence-corrected chi connectivity index (χ0v) is 17.5. The molecule has 0 aromatic carbocycles. The quantitative estimate of drug-likeness (QED) is 0.486. The van der Waals surface area contributed by atoms with E-state index in [-0.39, 0.29) is 11.5 Å². The zero-order chi connectivity index (χ0) is 22.8. The molecule has 1 aliphatic heterocycles. The minimum Gasteiger partial charge on any atom is -0.382 e. The molecule has 1 aliphatic rings. The molecule has 11 nitrogen and oxygen atoms in total. The molecular weight excluding hydrogens is 422 g/mol. The molecule has 1 fully saturated rings. The van der Waals surface area contributed by atoms with Gasteiger partial charge >= 0.3 is 0 Å². The number of halogens is 2. The Morgan fingerprint density at radius 3 is 2.69 bits per heavy atom. The largest absolute Gasteiger partial charge is 0.382 e. The van der Waals surface area contributed by atoms with Crippen molar-refractivity contribution in [3.63, 3.8) is 0 Å². The molecule has 1 amide bonds. The normalized spacial score (nSPS) is 13.8. The van der Waals surface area contributed by atoms with E-state index in [0.29, 0.717) is 34.1 Å². The van der Waals surface area contributed by atoms with Crippen molar-refractivity contribution < 1.29 is 13.6 Å². The number of likely N-dealkylation sites (tertiary alicyclic amines) is 1. The van der Waals surface area contributed by atoms with Crippen molar-refractivity contribution >= 4 is 34.4 Å². The Morgan fingerprint density at radius 1 is 1.25 bits per heavy atom. The molecule has 3 N–H and O–H groups in total. The molecule has 1 saturated heterocycles. The van der Waals surface area contributed by atoms with Crippen molar-refractivity contribution in [2.75, 3.05) is 31.7 Å². The number of hydrogen-bond donors (Lipinski definition) is 2. The number of rotatable bonds is 4. The molecule has 0 bridgehead atoms. The van der Waals surface area contributed by atoms with Crippen LogP contribution in [0.2, 0.25) is 0 Å². The van der Waals surface area contributed by atoms with Gasteiger partial charge in [-0.05, 0) is 24.6 Å². The molecule has 0 unspecified atom stereocenters. The Kier molecular flexibility index (Phi) is 5.79. The van der Waals surface area contributed by atoms with Crippen LogP contribution in [0.5, 0.6) is 0 Å². The minimum absolute atomic E-state index is 0.278. The van der Waals surface area contributed by atoms with Crippen LogP contribution in [-0.4, -0.2) is 72.4 Å². The van der Waals surface area contributed by atoms with E-state index in [1.54, 1.807) is 40.9 Å². The second-order valence-corrected chi connectivity index (χ2v) is 7.21. The van der Waals surface area contributed by atoms with Crippen molar-refractivity contribution in [2.24, 2.45) is 0 Å². The number of carbonyl (C=O) groups excluding carboxylic acids is 1. The van der Waals surface area contributed by atoms with Crippen LogP contribution in [0.15, 0.2) is 24.4 Å². The molecule has 0 radical (unpaired) electrons. The number of anilines is 2. The predicted molar refractivity (Wildman–Crippen MR) is 114 cm³/mol. The number of hydrogen-bond acceptors (Lipinski definition) is 8. The summed E-state index contributed by atoms with van der Waals surface area (Å²) in [6, 6.07) is 5.19. The first-order valence-electron chi connectivity index (χ1n) is 9.92. The summed E-state index contributed by atoms with van der Waals surface area (Å²) in [4.78, 5) is 20.9. The number of aromatic nitrogens is 7. The van der Waals surface area contributed by atoms with Gasteiger partial charge in [0.25, 0.3) is 6.43 Å². The first kappa shape index (κ1) is 21.3. The number of nitrogens with zero attached hydrogens (tertiary/aromatic N) is 8. The summed E-state index contributed by atoms with van der Waals surface area (Å²) in [5, 5.41) is 14.7. The molecule has 4 aromatic heterocycles. The molecule has 0 atom stereocenters. The van der Waals surface area contributed by atoms with Crippen LogP contribution < -0.4 is 11.1 Å². The standard InChI is InChI=1S/C14H13F2N9.C5H9NO/c1-18-14-20-12(17)11-7(4-5-24(11)22-14)8-2-3-9-13(19-8)25(23-21-9)6-10(15)16;1-6-4-2-3-5(6)7/h2-5,10H,6H2,1H3,(H3,17,18,20,22);2-4H2,1H3. The van der Waals surface area contributed by atoms with E-state index in [9.17, 15) is 13.6 Å². The van der Waals surface area contributed by atoms with Crippen LogP contribution in [0.25, 0.3) is 27.9 Å². The summed E-state index contributed by atoms with van der Waals surface area (Å²) in [7, 11) is 3.53. The molecule has 32 heavy (non-hydrogen) atoms. The van der Waals surface area contributed by atoms with E-state index < -0.39 is 13.0 Å². The van der Waals surface area contributed by atoms with Gasteiger partial charge in [-0.1, -0.05) is 5.21 Å². The van der Waals surface area contributed by atoms with Gasteiger partial charge in [-0.3, -0.25) is 4.79 Å². The number of fused-ring (bicyclic) bond motifs is 2. The molecule has 4 aromatic rings. The molecule has 13 heteroatoms. The third-order valence-electron chi connectivity index (χ3n) is 5.02. The second-order valence-electron chi connectivity index (χ2n) is 7.21. The minimum atomic E-state index is -2.55. The lowest BCUT2D eigenvalue weighted by molar-refractivity contribution is -0.126. The number of nitrogens with two attached hydrogens (primary N) is 1. The third-order valence-corrected chi connectivity index (χ3v) is 5.02. The summed E-state index contributed by atoms with van der Waals surface area (Å²) >= 11 is 0. The molecular formula is C19H22F2N10O. The van der Waals surface area contributed by atoms with Gasteiger partial charge in [0.15, 0.2) is 11.5 Å². The van der Waals surface area contributed by atoms with Crippen LogP contribution in [0.1, 0.15) is 12.8 Å². The van der Waals surface area contributed by atoms with E-state index in [2.05, 4.69) is 30.7 Å². The van der Waals surface area contributed by atoms with Gasteiger partial charge in [0.2, 0.25) is 11.9 Å². The topological polar surface area (TPSA) is 132 Å². The highest BCUT2D eigenvalue weighted by atomic mass is 19.3. The first-order valence-corrected chi connectivity index (χ1v) is 9.92. The Bertz CT molecular complexity index is 1270. The van der Waals surface area contributed by atoms with Gasteiger partial charge in [-0.25, -0.2) is 23.0 Å². The van der Waals surface area contributed by atoms with Crippen LogP contribution in [0.3, 0.4) is 0 Å². The van der Waals surface area contributed by atoms with Crippen molar-refractivity contribution in [1.82, 2.24) is 39.5 Å². The summed E-state index contributed by atoms with van der Waals surface area (Å²) in [5.41, 5.74) is 8.57. The molecule has 0 saturated carbocycles. The maximum Gasteiger partial charge on any atom is 0.258 e. The van der Waals surface area contributed by atoms with E-state index in [0.717, 1.165) is 24.1 Å². The smallest absolute Gasteiger partial charge is 0.258 e. The van der Waals surface area contributed by atoms with Crippen LogP contribution in [0, 0.1) is 0 Å². The number of alkyl halides is 2. The van der Waals surface area contributed by atoms with E-state index in [4.69, 9.17) is 5.73 Å². The van der Waals surface area contributed by atoms with Crippen molar-refractivity contribution in [1.29, 1.82) is 0 Å². The van der Waals surface area contributed by atoms with Gasteiger partial charge < -0.3 is 16.0 Å². The van der Waals surface area contributed by atoms with Crippen molar-refractivity contribution in [2.45, 2.75) is 25.8 Å². The SMILES string of the molecule is CN1CCCC1=O.CNc1nc(N)c2c(-c3ccc4nnn(CC(F)F)c4n3)ccn2n1. The lowest BCUT2D eigenvalue weighted by Gasteiger charge is -2.06. The van der Waals surface area contributed by atoms with Gasteiger partial charge in [0.1, 0.15) is 17.6 Å². The van der Waals surface area contributed by atoms with Gasteiger partial charge in [-0.15, -0.1) is 10.2 Å². The molecule has 168 valence electrons. The van der Waals surface area contributed by atoms with Gasteiger partial charge in [0, 0.05) is 38.8 Å². The highest BCUT2D eigenvalue weighted by Crippen LogP contribution is 2.28. The molecule has 5 rings (SSSR count). The predicted octanol–water partition coefficient (Wildman–Crippen LogP) is 1.66. The lowest BCUT2D eigenvalue weighted by Crippen LogP contribution is -2.17. The summed E-state index contributed by atoms with van der Waals surface area (Å²) in [6.45, 7) is 0.388. The number of pyridine rings is 1. The number of amides is 1. The molecule has 0 aliphatic carbocycles. The van der Waals surface area contributed by atoms with Gasteiger partial charge in [0.05, 0.1) is 5.69 Å². The van der Waals surface area contributed by atoms with E-state index in [1.807, 2.05) is 7.05 Å². The monoisotopic (exact) mass is 444 g/mol. The number of nitrogen functional groups attached to an aromatic ring is 1. The van der Waals surface area contributed by atoms with E-state index >= 15 is 0 Å². The summed E-state index contributed by atoms with van der Waals surface area (Å²) in [6.07, 6.45) is 0.991. The van der Waals surface area contributed by atoms with Crippen molar-refractivity contribution in [3.8, 4) is 11.3 Å². The van der Waals surface area contributed by atoms with Crippen LogP contribution in [-0.2, 0) is 11.3 Å². The first-order chi connectivity index (χ1) is 15.4. The molecule has 0 spiro atoms. The van der Waals surface area contributed by atoms with Gasteiger partial charge in [-0.2, -0.15) is 4.98 Å². The van der Waals surface area contributed by atoms with Crippen LogP contribution >= 0.6 is 0 Å². The number of carbonyl (C=O) groups is 1. The fraction of sp³-hybridized carbons (Fsp3) is 0.368. The lowest BCUT2D eigenvalue weighted by atomic mass is 10.2. The highest BCUT2D eigenvalue weighted by molar-refractivity contribution is 5.88. The average Bonchev–Trinajstić information content (AvgIpc) is 3.47. The second kappa shape index (κ2) is 8.69. The van der Waals surface area contributed by atoms with Crippen LogP contribution in [0.4, 0.5) is 20.5 Å². The Morgan fingerprint density at radius 2 is 2.06 bits per heavy atom. The molecule has 5 heterocycles. The fourth-order valence-electron chi connectivity index (χ4n) is 3.41. The summed E-state index contributed by atoms with van der Waals surface area (Å²) in [5.74, 6) is 0.954. The number of nitrogens with one attached hydrogen (secondary N) is 1. The Labute approximate surface area is 181 Å². The van der Waals surface area contributed by atoms with E-state index in [1.165, 1.54) is 0 Å². The maximum atomic E-state index is 12.7.